The second kappa shape index (κ2) is 6.41. The predicted molar refractivity (Wildman–Crippen MR) is 62.5 cm³/mol. The van der Waals surface area contributed by atoms with E-state index < -0.39 is 5.60 Å². The summed E-state index contributed by atoms with van der Waals surface area (Å²) in [5, 5.41) is 10.1. The Labute approximate surface area is 89.3 Å². The van der Waals surface area contributed by atoms with Crippen LogP contribution in [0.5, 0.6) is 0 Å². The molecule has 0 amide bonds. The molecule has 0 aliphatic rings. The molecule has 14 heavy (non-hydrogen) atoms. The van der Waals surface area contributed by atoms with Gasteiger partial charge >= 0.3 is 0 Å². The Hall–Kier alpha value is -0.0800. The van der Waals surface area contributed by atoms with Gasteiger partial charge in [0.05, 0.1) is 5.60 Å². The molecule has 0 heterocycles. The highest BCUT2D eigenvalue weighted by atomic mass is 16.3. The Kier molecular flexibility index (Phi) is 6.38. The Morgan fingerprint density at radius 2 is 1.71 bits per heavy atom. The molecule has 0 saturated carbocycles. The fourth-order valence-electron chi connectivity index (χ4n) is 1.70. The highest BCUT2D eigenvalue weighted by Gasteiger charge is 2.24. The summed E-state index contributed by atoms with van der Waals surface area (Å²) in [6.07, 6.45) is 2.89. The summed E-state index contributed by atoms with van der Waals surface area (Å²) in [6, 6.07) is 0. The topological polar surface area (TPSA) is 23.5 Å². The van der Waals surface area contributed by atoms with Crippen molar-refractivity contribution in [1.82, 2.24) is 4.90 Å². The number of hydrogen-bond acceptors (Lipinski definition) is 2. The lowest BCUT2D eigenvalue weighted by molar-refractivity contribution is 0.000355. The van der Waals surface area contributed by atoms with E-state index in [9.17, 15) is 5.11 Å². The monoisotopic (exact) mass is 201 g/mol. The van der Waals surface area contributed by atoms with Crippen LogP contribution in [-0.2, 0) is 0 Å². The van der Waals surface area contributed by atoms with E-state index in [2.05, 4.69) is 39.6 Å². The standard InChI is InChI=1S/C12H27NO/c1-6-11(4)9-13(5)10-12(14,7-2)8-3/h11,14H,6-10H2,1-5H3. The molecule has 0 bridgehead atoms. The first-order valence-corrected chi connectivity index (χ1v) is 5.88. The SMILES string of the molecule is CCC(C)CN(C)CC(O)(CC)CC. The van der Waals surface area contributed by atoms with Crippen LogP contribution in [0.15, 0.2) is 0 Å². The molecule has 0 radical (unpaired) electrons. The quantitative estimate of drug-likeness (QED) is 0.684. The fourth-order valence-corrected chi connectivity index (χ4v) is 1.70. The smallest absolute Gasteiger partial charge is 0.0768 e. The zero-order chi connectivity index (χ0) is 11.2. The number of aliphatic hydroxyl groups is 1. The number of nitrogens with zero attached hydrogens (tertiary/aromatic N) is 1. The van der Waals surface area contributed by atoms with Crippen molar-refractivity contribution in [2.45, 2.75) is 52.6 Å². The Balaban J connectivity index is 3.96. The van der Waals surface area contributed by atoms with Gasteiger partial charge in [0.2, 0.25) is 0 Å². The van der Waals surface area contributed by atoms with Crippen LogP contribution in [0.3, 0.4) is 0 Å². The summed E-state index contributed by atoms with van der Waals surface area (Å²) in [5.74, 6) is 0.720. The van der Waals surface area contributed by atoms with E-state index >= 15 is 0 Å². The van der Waals surface area contributed by atoms with Gasteiger partial charge in [-0.1, -0.05) is 34.1 Å². The van der Waals surface area contributed by atoms with Gasteiger partial charge in [0, 0.05) is 13.1 Å². The van der Waals surface area contributed by atoms with Crippen LogP contribution in [0.4, 0.5) is 0 Å². The predicted octanol–water partition coefficient (Wildman–Crippen LogP) is 2.52. The zero-order valence-electron chi connectivity index (χ0n) is 10.5. The van der Waals surface area contributed by atoms with Crippen LogP contribution in [0.2, 0.25) is 0 Å². The molecule has 1 unspecified atom stereocenters. The maximum absolute atomic E-state index is 10.1. The van der Waals surface area contributed by atoms with Gasteiger partial charge in [0.25, 0.3) is 0 Å². The van der Waals surface area contributed by atoms with Crippen molar-refractivity contribution >= 4 is 0 Å². The minimum Gasteiger partial charge on any atom is -0.389 e. The molecule has 1 atom stereocenters. The van der Waals surface area contributed by atoms with E-state index in [1.165, 1.54) is 6.42 Å². The second-order valence-electron chi connectivity index (χ2n) is 4.64. The normalized spacial score (nSPS) is 14.8. The first kappa shape index (κ1) is 13.9. The zero-order valence-corrected chi connectivity index (χ0v) is 10.5. The second-order valence-corrected chi connectivity index (χ2v) is 4.64. The Bertz CT molecular complexity index is 143. The third-order valence-electron chi connectivity index (χ3n) is 3.20. The third-order valence-corrected chi connectivity index (χ3v) is 3.20. The van der Waals surface area contributed by atoms with Gasteiger partial charge in [-0.3, -0.25) is 0 Å². The molecule has 0 rings (SSSR count). The van der Waals surface area contributed by atoms with Gasteiger partial charge in [0.1, 0.15) is 0 Å². The molecule has 2 heteroatoms. The van der Waals surface area contributed by atoms with E-state index in [4.69, 9.17) is 0 Å². The molecule has 0 aliphatic heterocycles. The van der Waals surface area contributed by atoms with Gasteiger partial charge in [-0.2, -0.15) is 0 Å². The van der Waals surface area contributed by atoms with Crippen LogP contribution >= 0.6 is 0 Å². The molecule has 0 aromatic carbocycles. The van der Waals surface area contributed by atoms with Crippen LogP contribution in [0.25, 0.3) is 0 Å². The van der Waals surface area contributed by atoms with Crippen LogP contribution < -0.4 is 0 Å². The maximum Gasteiger partial charge on any atom is 0.0768 e. The molecular weight excluding hydrogens is 174 g/mol. The molecule has 0 fully saturated rings. The Morgan fingerprint density at radius 1 is 1.21 bits per heavy atom. The van der Waals surface area contributed by atoms with Crippen molar-refractivity contribution in [2.75, 3.05) is 20.1 Å². The molecule has 0 aromatic heterocycles. The summed E-state index contributed by atoms with van der Waals surface area (Å²) in [5.41, 5.74) is -0.484. The molecule has 1 N–H and O–H groups in total. The largest absolute Gasteiger partial charge is 0.389 e. The van der Waals surface area contributed by atoms with E-state index in [-0.39, 0.29) is 0 Å². The average molecular weight is 201 g/mol. The van der Waals surface area contributed by atoms with E-state index in [0.29, 0.717) is 0 Å². The number of likely N-dealkylation sites (N-methyl/N-ethyl adjacent to an activating group) is 1. The lowest BCUT2D eigenvalue weighted by Gasteiger charge is -2.31. The van der Waals surface area contributed by atoms with Gasteiger partial charge < -0.3 is 10.0 Å². The highest BCUT2D eigenvalue weighted by Crippen LogP contribution is 2.16. The summed E-state index contributed by atoms with van der Waals surface area (Å²) >= 11 is 0. The van der Waals surface area contributed by atoms with Crippen LogP contribution in [0.1, 0.15) is 47.0 Å². The van der Waals surface area contributed by atoms with E-state index in [1.54, 1.807) is 0 Å². The highest BCUT2D eigenvalue weighted by molar-refractivity contribution is 4.78. The summed E-state index contributed by atoms with van der Waals surface area (Å²) in [7, 11) is 2.10. The van der Waals surface area contributed by atoms with Gasteiger partial charge in [0.15, 0.2) is 0 Å². The molecular formula is C12H27NO. The van der Waals surface area contributed by atoms with Crippen molar-refractivity contribution < 1.29 is 5.11 Å². The summed E-state index contributed by atoms with van der Waals surface area (Å²) in [4.78, 5) is 2.25. The molecule has 0 aromatic rings. The minimum absolute atomic E-state index is 0.484. The minimum atomic E-state index is -0.484. The summed E-state index contributed by atoms with van der Waals surface area (Å²) < 4.78 is 0. The van der Waals surface area contributed by atoms with Crippen molar-refractivity contribution in [3.63, 3.8) is 0 Å². The van der Waals surface area contributed by atoms with E-state index in [1.807, 2.05) is 0 Å². The summed E-state index contributed by atoms with van der Waals surface area (Å²) in [6.45, 7) is 10.5. The number of rotatable bonds is 7. The van der Waals surface area contributed by atoms with Crippen molar-refractivity contribution in [2.24, 2.45) is 5.92 Å². The lowest BCUT2D eigenvalue weighted by Crippen LogP contribution is -2.41. The molecule has 0 saturated heterocycles. The van der Waals surface area contributed by atoms with E-state index in [0.717, 1.165) is 31.8 Å². The van der Waals surface area contributed by atoms with Gasteiger partial charge in [-0.15, -0.1) is 0 Å². The third kappa shape index (κ3) is 4.97. The lowest BCUT2D eigenvalue weighted by atomic mass is 9.96. The van der Waals surface area contributed by atoms with Gasteiger partial charge in [-0.25, -0.2) is 0 Å². The fraction of sp³-hybridized carbons (Fsp3) is 1.00. The molecule has 86 valence electrons. The van der Waals surface area contributed by atoms with Crippen molar-refractivity contribution in [1.29, 1.82) is 0 Å². The maximum atomic E-state index is 10.1. The molecule has 0 spiro atoms. The van der Waals surface area contributed by atoms with Crippen molar-refractivity contribution in [3.8, 4) is 0 Å². The van der Waals surface area contributed by atoms with Crippen molar-refractivity contribution in [3.05, 3.63) is 0 Å². The van der Waals surface area contributed by atoms with Crippen LogP contribution in [0, 0.1) is 5.92 Å². The average Bonchev–Trinajstić information content (AvgIpc) is 2.17. The first-order valence-electron chi connectivity index (χ1n) is 5.88. The van der Waals surface area contributed by atoms with Crippen LogP contribution in [-0.4, -0.2) is 35.7 Å². The molecule has 0 aliphatic carbocycles. The Morgan fingerprint density at radius 3 is 2.07 bits per heavy atom. The van der Waals surface area contributed by atoms with Gasteiger partial charge in [-0.05, 0) is 25.8 Å². The number of hydrogen-bond donors (Lipinski definition) is 1. The first-order chi connectivity index (χ1) is 6.47. The molecule has 2 nitrogen and oxygen atoms in total.